The number of allylic oxidation sites excluding steroid dienone is 1. The minimum Gasteiger partial charge on any atom is -0.397 e. The van der Waals surface area contributed by atoms with Crippen molar-refractivity contribution in [2.45, 2.75) is 6.92 Å². The summed E-state index contributed by atoms with van der Waals surface area (Å²) < 4.78 is 0. The molecule has 0 saturated carbocycles. The first-order valence-electron chi connectivity index (χ1n) is 13.1. The Labute approximate surface area is 255 Å². The number of nitrogens with two attached hydrogens (primary N) is 1. The maximum atomic E-state index is 13.4. The zero-order chi connectivity index (χ0) is 29.2. The number of carbonyl (C=O) groups is 2. The number of hydrogen-bond acceptors (Lipinski definition) is 6. The molecule has 1 amide bonds. The summed E-state index contributed by atoms with van der Waals surface area (Å²) in [6.45, 7) is 2.04. The summed E-state index contributed by atoms with van der Waals surface area (Å²) in [5.74, 6) is -0.452. The van der Waals surface area contributed by atoms with Crippen molar-refractivity contribution in [3.63, 3.8) is 0 Å². The van der Waals surface area contributed by atoms with Crippen molar-refractivity contribution in [1.29, 1.82) is 0 Å². The van der Waals surface area contributed by atoms with Crippen molar-refractivity contribution in [1.82, 2.24) is 4.98 Å². The number of aryl methyl sites for hydroxylation is 1. The summed E-state index contributed by atoms with van der Waals surface area (Å²) in [6, 6.07) is 28.4. The summed E-state index contributed by atoms with van der Waals surface area (Å²) in [5.41, 5.74) is 12.8. The Bertz CT molecular complexity index is 1940. The molecule has 3 aromatic carbocycles. The summed E-state index contributed by atoms with van der Waals surface area (Å²) in [7, 11) is 0. The molecule has 6 aromatic rings. The number of pyridine rings is 1. The van der Waals surface area contributed by atoms with E-state index in [1.807, 2.05) is 79.0 Å². The number of nitrogen functional groups attached to an aromatic ring is 1. The minimum atomic E-state index is -0.342. The number of hydrogen-bond donors (Lipinski definition) is 2. The monoisotopic (exact) mass is 605 g/mol. The second-order valence-corrected chi connectivity index (χ2v) is 12.1. The van der Waals surface area contributed by atoms with E-state index in [2.05, 4.69) is 5.32 Å². The third-order valence-electron chi connectivity index (χ3n) is 6.78. The zero-order valence-corrected chi connectivity index (χ0v) is 24.8. The summed E-state index contributed by atoms with van der Waals surface area (Å²) in [5, 5.41) is 6.23. The molecule has 206 valence electrons. The summed E-state index contributed by atoms with van der Waals surface area (Å²) >= 11 is 8.98. The number of thiophene rings is 2. The van der Waals surface area contributed by atoms with Crippen LogP contribution in [-0.2, 0) is 0 Å². The molecule has 3 N–H and O–H groups in total. The van der Waals surface area contributed by atoms with E-state index in [-0.39, 0.29) is 11.7 Å². The first kappa shape index (κ1) is 27.6. The third-order valence-corrected chi connectivity index (χ3v) is 8.96. The molecule has 6 rings (SSSR count). The van der Waals surface area contributed by atoms with E-state index in [4.69, 9.17) is 22.3 Å². The number of halogens is 1. The molecule has 0 aliphatic carbocycles. The van der Waals surface area contributed by atoms with Gasteiger partial charge in [0.05, 0.1) is 11.4 Å². The highest BCUT2D eigenvalue weighted by Gasteiger charge is 2.22. The van der Waals surface area contributed by atoms with Crippen molar-refractivity contribution in [3.8, 4) is 22.4 Å². The van der Waals surface area contributed by atoms with Crippen molar-refractivity contribution in [3.05, 3.63) is 128 Å². The van der Waals surface area contributed by atoms with E-state index in [1.165, 1.54) is 11.3 Å². The Morgan fingerprint density at radius 1 is 0.929 bits per heavy atom. The summed E-state index contributed by atoms with van der Waals surface area (Å²) in [4.78, 5) is 32.9. The van der Waals surface area contributed by atoms with Gasteiger partial charge in [-0.1, -0.05) is 59.6 Å². The predicted octanol–water partition coefficient (Wildman–Crippen LogP) is 9.38. The highest BCUT2D eigenvalue weighted by atomic mass is 35.5. The second-order valence-electron chi connectivity index (χ2n) is 9.70. The van der Waals surface area contributed by atoms with Gasteiger partial charge in [0.25, 0.3) is 5.91 Å². The smallest absolute Gasteiger partial charge is 0.267 e. The maximum absolute atomic E-state index is 13.4. The molecule has 3 aromatic heterocycles. The SMILES string of the molecule is Cc1ccc(-c2cc(-c3ccc(Cl)cc3)c3c(N)c(C(=O)Nc4ccc(C(=O)C=Cc5cccs5)cc4)sc3n2)cc1. The van der Waals surface area contributed by atoms with Crippen molar-refractivity contribution < 1.29 is 9.59 Å². The van der Waals surface area contributed by atoms with Gasteiger partial charge in [-0.25, -0.2) is 4.98 Å². The number of fused-ring (bicyclic) bond motifs is 1. The highest BCUT2D eigenvalue weighted by molar-refractivity contribution is 7.21. The molecule has 0 unspecified atom stereocenters. The first-order chi connectivity index (χ1) is 20.4. The number of nitrogens with one attached hydrogen (secondary N) is 1. The number of rotatable bonds is 7. The Balaban J connectivity index is 1.32. The average molecular weight is 606 g/mol. The number of anilines is 2. The number of amides is 1. The predicted molar refractivity (Wildman–Crippen MR) is 177 cm³/mol. The number of nitrogens with zero attached hydrogens (tertiary/aromatic N) is 1. The van der Waals surface area contributed by atoms with Crippen molar-refractivity contribution >= 4 is 73.6 Å². The van der Waals surface area contributed by atoms with Crippen LogP contribution in [0.2, 0.25) is 5.02 Å². The van der Waals surface area contributed by atoms with E-state index in [0.717, 1.165) is 38.2 Å². The van der Waals surface area contributed by atoms with E-state index in [9.17, 15) is 9.59 Å². The van der Waals surface area contributed by atoms with Crippen LogP contribution in [-0.4, -0.2) is 16.7 Å². The third kappa shape index (κ3) is 5.76. The van der Waals surface area contributed by atoms with Gasteiger partial charge in [-0.2, -0.15) is 0 Å². The lowest BCUT2D eigenvalue weighted by Gasteiger charge is -2.09. The van der Waals surface area contributed by atoms with Gasteiger partial charge < -0.3 is 11.1 Å². The molecule has 0 saturated heterocycles. The fourth-order valence-electron chi connectivity index (χ4n) is 4.56. The normalized spacial score (nSPS) is 11.3. The Hall–Kier alpha value is -4.56. The number of ketones is 1. The number of carbonyl (C=O) groups excluding carboxylic acids is 2. The van der Waals surface area contributed by atoms with Gasteiger partial charge in [-0.15, -0.1) is 22.7 Å². The molecule has 8 heteroatoms. The van der Waals surface area contributed by atoms with Gasteiger partial charge >= 0.3 is 0 Å². The van der Waals surface area contributed by atoms with Gasteiger partial charge in [-0.3, -0.25) is 9.59 Å². The molecular weight excluding hydrogens is 582 g/mol. The van der Waals surface area contributed by atoms with Crippen LogP contribution in [0.3, 0.4) is 0 Å². The standard InChI is InChI=1S/C34H24ClN3O2S2/c1-20-4-6-22(7-5-20)28-19-27(21-8-12-24(35)13-9-21)30-31(36)32(42-34(30)38-28)33(40)37-25-14-10-23(11-15-25)29(39)17-16-26-3-2-18-41-26/h2-19H,36H2,1H3,(H,37,40). The first-order valence-corrected chi connectivity index (χ1v) is 15.2. The molecule has 0 atom stereocenters. The molecule has 42 heavy (non-hydrogen) atoms. The lowest BCUT2D eigenvalue weighted by atomic mass is 9.99. The molecule has 3 heterocycles. The van der Waals surface area contributed by atoms with E-state index < -0.39 is 0 Å². The van der Waals surface area contributed by atoms with Gasteiger partial charge in [0.2, 0.25) is 0 Å². The van der Waals surface area contributed by atoms with E-state index in [1.54, 1.807) is 47.8 Å². The zero-order valence-electron chi connectivity index (χ0n) is 22.4. The van der Waals surface area contributed by atoms with Gasteiger partial charge in [0.1, 0.15) is 9.71 Å². The van der Waals surface area contributed by atoms with Gasteiger partial charge in [0, 0.05) is 32.1 Å². The average Bonchev–Trinajstić information content (AvgIpc) is 3.64. The Kier molecular flexibility index (Phi) is 7.71. The van der Waals surface area contributed by atoms with Gasteiger partial charge in [-0.05, 0) is 84.1 Å². The van der Waals surface area contributed by atoms with Crippen LogP contribution in [0.25, 0.3) is 38.7 Å². The van der Waals surface area contributed by atoms with Crippen LogP contribution in [0.4, 0.5) is 11.4 Å². The van der Waals surface area contributed by atoms with Crippen LogP contribution in [0, 0.1) is 6.92 Å². The fraction of sp³-hybridized carbons (Fsp3) is 0.0294. The Morgan fingerprint density at radius 3 is 2.33 bits per heavy atom. The van der Waals surface area contributed by atoms with E-state index in [0.29, 0.717) is 31.7 Å². The van der Waals surface area contributed by atoms with Crippen LogP contribution in [0.5, 0.6) is 0 Å². The fourth-order valence-corrected chi connectivity index (χ4v) is 6.32. The van der Waals surface area contributed by atoms with Crippen molar-refractivity contribution in [2.24, 2.45) is 0 Å². The van der Waals surface area contributed by atoms with Gasteiger partial charge in [0.15, 0.2) is 5.78 Å². The molecular formula is C34H24ClN3O2S2. The molecule has 0 fully saturated rings. The minimum absolute atomic E-state index is 0.111. The van der Waals surface area contributed by atoms with Crippen LogP contribution < -0.4 is 11.1 Å². The molecule has 0 aliphatic heterocycles. The number of benzene rings is 3. The quantitative estimate of drug-likeness (QED) is 0.140. The molecule has 5 nitrogen and oxygen atoms in total. The largest absolute Gasteiger partial charge is 0.397 e. The maximum Gasteiger partial charge on any atom is 0.267 e. The molecule has 0 spiro atoms. The topological polar surface area (TPSA) is 85.1 Å². The van der Waals surface area contributed by atoms with Crippen molar-refractivity contribution in [2.75, 3.05) is 11.1 Å². The van der Waals surface area contributed by atoms with Crippen LogP contribution in [0.1, 0.15) is 30.5 Å². The van der Waals surface area contributed by atoms with E-state index >= 15 is 0 Å². The molecule has 0 bridgehead atoms. The van der Waals surface area contributed by atoms with Crippen LogP contribution >= 0.6 is 34.3 Å². The lowest BCUT2D eigenvalue weighted by Crippen LogP contribution is -2.12. The summed E-state index contributed by atoms with van der Waals surface area (Å²) in [6.07, 6.45) is 3.34. The number of aromatic nitrogens is 1. The molecule has 0 radical (unpaired) electrons. The highest BCUT2D eigenvalue weighted by Crippen LogP contribution is 2.41. The Morgan fingerprint density at radius 2 is 1.64 bits per heavy atom. The second kappa shape index (κ2) is 11.7. The lowest BCUT2D eigenvalue weighted by molar-refractivity contribution is 0.102. The van der Waals surface area contributed by atoms with Crippen LogP contribution in [0.15, 0.2) is 102 Å². The molecule has 0 aliphatic rings.